The zero-order valence-electron chi connectivity index (χ0n) is 6.48. The van der Waals surface area contributed by atoms with E-state index in [4.69, 9.17) is 28.9 Å². The molecule has 0 aliphatic rings. The van der Waals surface area contributed by atoms with Crippen molar-refractivity contribution in [1.29, 1.82) is 0 Å². The fourth-order valence-electron chi connectivity index (χ4n) is 0.881. The molecule has 2 N–H and O–H groups in total. The van der Waals surface area contributed by atoms with Gasteiger partial charge in [0.25, 0.3) is 0 Å². The van der Waals surface area contributed by atoms with Crippen LogP contribution in [0.15, 0.2) is 12.1 Å². The number of Topliss-reactive ketones (excluding diaryl/α,β-unsaturated/α-hetero) is 1. The van der Waals surface area contributed by atoms with Gasteiger partial charge in [-0.15, -0.1) is 11.6 Å². The molecule has 70 valence electrons. The van der Waals surface area contributed by atoms with Crippen LogP contribution < -0.4 is 5.73 Å². The molecule has 13 heavy (non-hydrogen) atoms. The van der Waals surface area contributed by atoms with Gasteiger partial charge in [0.2, 0.25) is 0 Å². The number of rotatable bonds is 2. The minimum absolute atomic E-state index is 0.0627. The molecule has 0 saturated heterocycles. The monoisotopic (exact) mass is 221 g/mol. The van der Waals surface area contributed by atoms with E-state index in [9.17, 15) is 9.18 Å². The maximum absolute atomic E-state index is 12.8. The van der Waals surface area contributed by atoms with Crippen LogP contribution in [0, 0.1) is 5.82 Å². The van der Waals surface area contributed by atoms with E-state index >= 15 is 0 Å². The van der Waals surface area contributed by atoms with Gasteiger partial charge >= 0.3 is 0 Å². The van der Waals surface area contributed by atoms with Crippen molar-refractivity contribution in [3.05, 3.63) is 28.5 Å². The van der Waals surface area contributed by atoms with Crippen molar-refractivity contribution in [2.75, 3.05) is 11.6 Å². The Morgan fingerprint density at radius 2 is 2.15 bits per heavy atom. The number of anilines is 1. The van der Waals surface area contributed by atoms with Crippen LogP contribution in [0.25, 0.3) is 0 Å². The van der Waals surface area contributed by atoms with Crippen molar-refractivity contribution in [3.63, 3.8) is 0 Å². The Balaban J connectivity index is 3.26. The molecule has 0 saturated carbocycles. The number of hydrogen-bond acceptors (Lipinski definition) is 2. The average Bonchev–Trinajstić information content (AvgIpc) is 2.13. The van der Waals surface area contributed by atoms with Gasteiger partial charge in [0.15, 0.2) is 5.78 Å². The van der Waals surface area contributed by atoms with Gasteiger partial charge < -0.3 is 5.73 Å². The van der Waals surface area contributed by atoms with Crippen molar-refractivity contribution >= 4 is 34.7 Å². The molecule has 1 aromatic carbocycles. The Kier molecular flexibility index (Phi) is 3.12. The molecule has 0 atom stereocenters. The van der Waals surface area contributed by atoms with Gasteiger partial charge in [-0.2, -0.15) is 0 Å². The molecule has 1 rings (SSSR count). The predicted molar refractivity (Wildman–Crippen MR) is 50.9 cm³/mol. The van der Waals surface area contributed by atoms with E-state index in [0.29, 0.717) is 0 Å². The van der Waals surface area contributed by atoms with E-state index in [0.717, 1.165) is 6.07 Å². The van der Waals surface area contributed by atoms with E-state index in [1.807, 2.05) is 0 Å². The topological polar surface area (TPSA) is 43.1 Å². The number of carbonyl (C=O) groups is 1. The molecular weight excluding hydrogens is 216 g/mol. The molecule has 0 fully saturated rings. The van der Waals surface area contributed by atoms with Gasteiger partial charge in [0.1, 0.15) is 5.82 Å². The van der Waals surface area contributed by atoms with Gasteiger partial charge in [-0.1, -0.05) is 11.6 Å². The summed E-state index contributed by atoms with van der Waals surface area (Å²) in [6, 6.07) is 2.35. The van der Waals surface area contributed by atoms with E-state index in [-0.39, 0.29) is 27.9 Å². The average molecular weight is 222 g/mol. The molecule has 0 bridgehead atoms. The number of nitrogen functional groups attached to an aromatic ring is 1. The van der Waals surface area contributed by atoms with Crippen molar-refractivity contribution in [2.45, 2.75) is 0 Å². The van der Waals surface area contributed by atoms with E-state index in [2.05, 4.69) is 0 Å². The molecular formula is C8H6Cl2FNO. The summed E-state index contributed by atoms with van der Waals surface area (Å²) in [5, 5.41) is -0.240. The van der Waals surface area contributed by atoms with Crippen LogP contribution in [0.3, 0.4) is 0 Å². The largest absolute Gasteiger partial charge is 0.397 e. The quantitative estimate of drug-likeness (QED) is 0.474. The van der Waals surface area contributed by atoms with Crippen molar-refractivity contribution in [3.8, 4) is 0 Å². The highest BCUT2D eigenvalue weighted by molar-refractivity contribution is 6.35. The Morgan fingerprint density at radius 3 is 2.69 bits per heavy atom. The summed E-state index contributed by atoms with van der Waals surface area (Å²) in [5.41, 5.74) is 5.50. The van der Waals surface area contributed by atoms with Crippen LogP contribution in [0.2, 0.25) is 5.02 Å². The first-order chi connectivity index (χ1) is 6.07. The summed E-state index contributed by atoms with van der Waals surface area (Å²) < 4.78 is 12.8. The normalized spacial score (nSPS) is 10.1. The number of benzene rings is 1. The number of hydrogen-bond donors (Lipinski definition) is 1. The Bertz CT molecular complexity index is 354. The lowest BCUT2D eigenvalue weighted by Crippen LogP contribution is -2.06. The molecule has 0 aliphatic heterocycles. The van der Waals surface area contributed by atoms with Crippen LogP contribution >= 0.6 is 23.2 Å². The minimum Gasteiger partial charge on any atom is -0.397 e. The standard InChI is InChI=1S/C8H6Cl2FNO/c9-3-6(13)4-1-2-5(11)7(10)8(4)12/h1-2H,3,12H2. The molecule has 5 heteroatoms. The molecule has 0 aromatic heterocycles. The van der Waals surface area contributed by atoms with Gasteiger partial charge in [0, 0.05) is 5.56 Å². The SMILES string of the molecule is Nc1c(C(=O)CCl)ccc(F)c1Cl. The lowest BCUT2D eigenvalue weighted by molar-refractivity contribution is 0.102. The number of nitrogens with two attached hydrogens (primary N) is 1. The molecule has 0 spiro atoms. The van der Waals surface area contributed by atoms with E-state index in [1.165, 1.54) is 6.07 Å². The number of carbonyl (C=O) groups excluding carboxylic acids is 1. The summed E-state index contributed by atoms with van der Waals surface area (Å²) >= 11 is 10.8. The Hall–Kier alpha value is -0.800. The third-order valence-corrected chi connectivity index (χ3v) is 2.18. The third-order valence-electron chi connectivity index (χ3n) is 1.55. The van der Waals surface area contributed by atoms with Crippen molar-refractivity contribution in [1.82, 2.24) is 0 Å². The third kappa shape index (κ3) is 1.92. The van der Waals surface area contributed by atoms with Gasteiger partial charge in [-0.05, 0) is 12.1 Å². The molecule has 0 amide bonds. The highest BCUT2D eigenvalue weighted by Gasteiger charge is 2.13. The summed E-state index contributed by atoms with van der Waals surface area (Å²) in [7, 11) is 0. The molecule has 0 aliphatic carbocycles. The minimum atomic E-state index is -0.648. The van der Waals surface area contributed by atoms with Crippen LogP contribution in [-0.4, -0.2) is 11.7 Å². The first-order valence-electron chi connectivity index (χ1n) is 3.40. The van der Waals surface area contributed by atoms with Crippen molar-refractivity contribution < 1.29 is 9.18 Å². The lowest BCUT2D eigenvalue weighted by Gasteiger charge is -2.04. The maximum atomic E-state index is 12.8. The zero-order chi connectivity index (χ0) is 10.0. The summed E-state index contributed by atoms with van der Waals surface area (Å²) in [5.74, 6) is -1.22. The number of alkyl halides is 1. The Morgan fingerprint density at radius 1 is 1.54 bits per heavy atom. The first kappa shape index (κ1) is 10.3. The van der Waals surface area contributed by atoms with Crippen LogP contribution in [0.1, 0.15) is 10.4 Å². The summed E-state index contributed by atoms with van der Waals surface area (Å²) in [4.78, 5) is 11.1. The highest BCUT2D eigenvalue weighted by Crippen LogP contribution is 2.26. The van der Waals surface area contributed by atoms with Gasteiger partial charge in [0.05, 0.1) is 16.6 Å². The fraction of sp³-hybridized carbons (Fsp3) is 0.125. The molecule has 0 radical (unpaired) electrons. The molecule has 1 aromatic rings. The zero-order valence-corrected chi connectivity index (χ0v) is 7.99. The fourth-order valence-corrected chi connectivity index (χ4v) is 1.19. The maximum Gasteiger partial charge on any atom is 0.179 e. The number of ketones is 1. The summed E-state index contributed by atoms with van der Waals surface area (Å²) in [6.45, 7) is 0. The summed E-state index contributed by atoms with van der Waals surface area (Å²) in [6.07, 6.45) is 0. The second-order valence-corrected chi connectivity index (χ2v) is 3.02. The van der Waals surface area contributed by atoms with E-state index in [1.54, 1.807) is 0 Å². The van der Waals surface area contributed by atoms with Crippen LogP contribution in [0.4, 0.5) is 10.1 Å². The molecule has 0 heterocycles. The second kappa shape index (κ2) is 3.94. The van der Waals surface area contributed by atoms with Gasteiger partial charge in [-0.3, -0.25) is 4.79 Å². The highest BCUT2D eigenvalue weighted by atomic mass is 35.5. The predicted octanol–water partition coefficient (Wildman–Crippen LogP) is 2.48. The van der Waals surface area contributed by atoms with Gasteiger partial charge in [-0.25, -0.2) is 4.39 Å². The second-order valence-electron chi connectivity index (χ2n) is 2.38. The molecule has 2 nitrogen and oxygen atoms in total. The smallest absolute Gasteiger partial charge is 0.179 e. The lowest BCUT2D eigenvalue weighted by atomic mass is 10.1. The van der Waals surface area contributed by atoms with Crippen LogP contribution in [-0.2, 0) is 0 Å². The number of halogens is 3. The first-order valence-corrected chi connectivity index (χ1v) is 4.31. The van der Waals surface area contributed by atoms with Crippen LogP contribution in [0.5, 0.6) is 0 Å². The van der Waals surface area contributed by atoms with Crippen molar-refractivity contribution in [2.24, 2.45) is 0 Å². The molecule has 0 unspecified atom stereocenters. The van der Waals surface area contributed by atoms with E-state index < -0.39 is 5.82 Å². The Labute approximate surface area is 84.4 Å².